The quantitative estimate of drug-likeness (QED) is 0.821. The highest BCUT2D eigenvalue weighted by molar-refractivity contribution is 7.92. The molecule has 0 radical (unpaired) electrons. The monoisotopic (exact) mass is 395 g/mol. The molecule has 0 spiro atoms. The minimum Gasteiger partial charge on any atom is -0.323 e. The fraction of sp³-hybridized carbons (Fsp3) is 0.188. The molecule has 0 bridgehead atoms. The van der Waals surface area contributed by atoms with Crippen LogP contribution in [-0.4, -0.2) is 41.1 Å². The van der Waals surface area contributed by atoms with Crippen molar-refractivity contribution >= 4 is 37.3 Å². The number of carbonyl (C=O) groups excluding carboxylic acids is 1. The second-order valence-corrected chi connectivity index (χ2v) is 9.71. The first-order valence-corrected chi connectivity index (χ1v) is 10.9. The number of hydrogen-bond acceptors (Lipinski definition) is 5. The molecule has 3 rings (SSSR count). The fourth-order valence-corrected chi connectivity index (χ4v) is 4.21. The third-order valence-corrected chi connectivity index (χ3v) is 6.44. The van der Waals surface area contributed by atoms with Gasteiger partial charge in [0, 0.05) is 31.2 Å². The van der Waals surface area contributed by atoms with Crippen LogP contribution in [0.4, 0.5) is 16.2 Å². The minimum atomic E-state index is -3.87. The molecule has 0 aromatic heterocycles. The summed E-state index contributed by atoms with van der Waals surface area (Å²) in [6.07, 6.45) is 1.05. The van der Waals surface area contributed by atoms with Crippen molar-refractivity contribution in [3.63, 3.8) is 0 Å². The highest BCUT2D eigenvalue weighted by Crippen LogP contribution is 2.27. The molecule has 0 aliphatic carbocycles. The molecule has 0 unspecified atom stereocenters. The lowest BCUT2D eigenvalue weighted by molar-refractivity contribution is 0.218. The van der Waals surface area contributed by atoms with E-state index in [9.17, 15) is 21.6 Å². The van der Waals surface area contributed by atoms with Crippen LogP contribution in [0.25, 0.3) is 0 Å². The highest BCUT2D eigenvalue weighted by Gasteiger charge is 2.21. The van der Waals surface area contributed by atoms with Crippen LogP contribution < -0.4 is 10.0 Å². The average molecular weight is 395 g/mol. The predicted octanol–water partition coefficient (Wildman–Crippen LogP) is 1.87. The van der Waals surface area contributed by atoms with Gasteiger partial charge >= 0.3 is 6.03 Å². The van der Waals surface area contributed by atoms with E-state index in [0.29, 0.717) is 17.9 Å². The van der Waals surface area contributed by atoms with Crippen LogP contribution >= 0.6 is 0 Å². The summed E-state index contributed by atoms with van der Waals surface area (Å²) in [6, 6.07) is 9.58. The molecule has 0 saturated carbocycles. The van der Waals surface area contributed by atoms with Crippen molar-refractivity contribution in [1.29, 1.82) is 0 Å². The number of nitrogens with one attached hydrogen (secondary N) is 2. The molecule has 10 heteroatoms. The summed E-state index contributed by atoms with van der Waals surface area (Å²) in [5.41, 5.74) is 1.76. The molecule has 8 nitrogen and oxygen atoms in total. The zero-order valence-corrected chi connectivity index (χ0v) is 15.7. The third kappa shape index (κ3) is 3.65. The number of nitrogens with zero attached hydrogens (tertiary/aromatic N) is 1. The highest BCUT2D eigenvalue weighted by atomic mass is 32.2. The van der Waals surface area contributed by atoms with Crippen LogP contribution in [-0.2, 0) is 26.4 Å². The Bertz CT molecular complexity index is 1080. The molecule has 0 saturated heterocycles. The Morgan fingerprint density at radius 1 is 1.00 bits per heavy atom. The van der Waals surface area contributed by atoms with Crippen molar-refractivity contribution in [1.82, 2.24) is 4.90 Å². The maximum Gasteiger partial charge on any atom is 0.321 e. The van der Waals surface area contributed by atoms with E-state index in [1.54, 1.807) is 25.2 Å². The van der Waals surface area contributed by atoms with Crippen LogP contribution in [0.1, 0.15) is 5.56 Å². The van der Waals surface area contributed by atoms with Crippen molar-refractivity contribution < 1.29 is 21.6 Å². The Labute approximate surface area is 151 Å². The summed E-state index contributed by atoms with van der Waals surface area (Å²) in [6.45, 7) is 0.361. The van der Waals surface area contributed by atoms with Crippen LogP contribution in [0, 0.1) is 0 Å². The van der Waals surface area contributed by atoms with E-state index in [2.05, 4.69) is 10.0 Å². The fourth-order valence-electron chi connectivity index (χ4n) is 2.53. The van der Waals surface area contributed by atoms with Gasteiger partial charge in [-0.25, -0.2) is 21.6 Å². The summed E-state index contributed by atoms with van der Waals surface area (Å²) in [7, 11) is -5.63. The smallest absolute Gasteiger partial charge is 0.321 e. The summed E-state index contributed by atoms with van der Waals surface area (Å²) in [4.78, 5) is 13.1. The van der Waals surface area contributed by atoms with E-state index < -0.39 is 19.9 Å². The van der Waals surface area contributed by atoms with Crippen molar-refractivity contribution in [2.75, 3.05) is 23.3 Å². The van der Waals surface area contributed by atoms with Crippen molar-refractivity contribution in [3.8, 4) is 0 Å². The molecule has 1 aliphatic heterocycles. The maximum atomic E-state index is 12.5. The molecule has 138 valence electrons. The zero-order chi connectivity index (χ0) is 19.1. The Morgan fingerprint density at radius 3 is 2.23 bits per heavy atom. The largest absolute Gasteiger partial charge is 0.323 e. The molecule has 0 atom stereocenters. The topological polar surface area (TPSA) is 113 Å². The predicted molar refractivity (Wildman–Crippen MR) is 97.3 cm³/mol. The molecule has 26 heavy (non-hydrogen) atoms. The van der Waals surface area contributed by atoms with Crippen LogP contribution in [0.5, 0.6) is 0 Å². The molecule has 1 heterocycles. The summed E-state index contributed by atoms with van der Waals surface area (Å²) in [5, 5.41) is 2.70. The van der Waals surface area contributed by atoms with Gasteiger partial charge in [0.2, 0.25) is 0 Å². The van der Waals surface area contributed by atoms with E-state index >= 15 is 0 Å². The van der Waals surface area contributed by atoms with E-state index in [1.165, 1.54) is 29.2 Å². The lowest BCUT2D eigenvalue weighted by Crippen LogP contribution is -2.35. The average Bonchev–Trinajstić information content (AvgIpc) is 2.55. The molecular weight excluding hydrogens is 378 g/mol. The molecule has 1 aliphatic rings. The standard InChI is InChI=1S/C16H17N3O5S2/c1-19-10-11-9-12(3-8-15(11)17-16(19)20)18-26(23,24)14-6-4-13(5-7-14)25(2,21)22/h3-9,18H,10H2,1-2H3,(H,17,20). The first kappa shape index (κ1) is 18.2. The van der Waals surface area contributed by atoms with Gasteiger partial charge < -0.3 is 10.2 Å². The summed E-state index contributed by atoms with van der Waals surface area (Å²) < 4.78 is 50.4. The van der Waals surface area contributed by atoms with Gasteiger partial charge in [0.25, 0.3) is 10.0 Å². The molecule has 2 aromatic carbocycles. The van der Waals surface area contributed by atoms with E-state index in [4.69, 9.17) is 0 Å². The third-order valence-electron chi connectivity index (χ3n) is 3.92. The van der Waals surface area contributed by atoms with Gasteiger partial charge in [-0.3, -0.25) is 4.72 Å². The number of urea groups is 1. The summed E-state index contributed by atoms with van der Waals surface area (Å²) in [5.74, 6) is 0. The second-order valence-electron chi connectivity index (χ2n) is 6.01. The Morgan fingerprint density at radius 2 is 1.62 bits per heavy atom. The molecule has 2 amide bonds. The zero-order valence-electron chi connectivity index (χ0n) is 14.1. The Balaban J connectivity index is 1.86. The van der Waals surface area contributed by atoms with E-state index in [0.717, 1.165) is 11.8 Å². The molecule has 2 aromatic rings. The summed E-state index contributed by atoms with van der Waals surface area (Å²) >= 11 is 0. The minimum absolute atomic E-state index is 0.0454. The van der Waals surface area contributed by atoms with Gasteiger partial charge in [0.15, 0.2) is 9.84 Å². The number of carbonyl (C=O) groups is 1. The van der Waals surface area contributed by atoms with Crippen LogP contribution in [0.3, 0.4) is 0 Å². The number of sulfone groups is 1. The second kappa shape index (κ2) is 6.29. The normalized spacial score (nSPS) is 14.5. The Hall–Kier alpha value is -2.59. The SMILES string of the molecule is CN1Cc2cc(NS(=O)(=O)c3ccc(S(C)(=O)=O)cc3)ccc2NC1=O. The Kier molecular flexibility index (Phi) is 4.41. The lowest BCUT2D eigenvalue weighted by Gasteiger charge is -2.26. The van der Waals surface area contributed by atoms with Crippen molar-refractivity contribution in [3.05, 3.63) is 48.0 Å². The van der Waals surface area contributed by atoms with Gasteiger partial charge in [-0.15, -0.1) is 0 Å². The molecular formula is C16H17N3O5S2. The van der Waals surface area contributed by atoms with Crippen molar-refractivity contribution in [2.45, 2.75) is 16.3 Å². The first-order chi connectivity index (χ1) is 12.1. The van der Waals surface area contributed by atoms with E-state index in [-0.39, 0.29) is 15.8 Å². The number of sulfonamides is 1. The lowest BCUT2D eigenvalue weighted by atomic mass is 10.1. The number of amides is 2. The van der Waals surface area contributed by atoms with Gasteiger partial charge in [0.1, 0.15) is 0 Å². The number of fused-ring (bicyclic) bond motifs is 1. The van der Waals surface area contributed by atoms with Gasteiger partial charge in [-0.05, 0) is 48.0 Å². The van der Waals surface area contributed by atoms with Crippen LogP contribution in [0.2, 0.25) is 0 Å². The maximum absolute atomic E-state index is 12.5. The van der Waals surface area contributed by atoms with Crippen molar-refractivity contribution in [2.24, 2.45) is 0 Å². The van der Waals surface area contributed by atoms with Crippen LogP contribution in [0.15, 0.2) is 52.3 Å². The van der Waals surface area contributed by atoms with E-state index in [1.807, 2.05) is 0 Å². The van der Waals surface area contributed by atoms with Gasteiger partial charge in [-0.1, -0.05) is 0 Å². The first-order valence-electron chi connectivity index (χ1n) is 7.54. The molecule has 2 N–H and O–H groups in total. The number of benzene rings is 2. The number of anilines is 2. The molecule has 0 fully saturated rings. The number of rotatable bonds is 4. The van der Waals surface area contributed by atoms with Gasteiger partial charge in [0.05, 0.1) is 9.79 Å². The van der Waals surface area contributed by atoms with Gasteiger partial charge in [-0.2, -0.15) is 0 Å². The number of hydrogen-bond donors (Lipinski definition) is 2.